The van der Waals surface area contributed by atoms with Crippen LogP contribution in [0.25, 0.3) is 0 Å². The minimum atomic E-state index is -0.0943. The van der Waals surface area contributed by atoms with Crippen molar-refractivity contribution in [3.63, 3.8) is 0 Å². The molecule has 2 fully saturated rings. The average Bonchev–Trinajstić information content (AvgIpc) is 2.29. The van der Waals surface area contributed by atoms with E-state index in [1.807, 2.05) is 0 Å². The number of hydrogen-bond donors (Lipinski definition) is 0. The summed E-state index contributed by atoms with van der Waals surface area (Å²) in [7, 11) is 0. The minimum absolute atomic E-state index is 0.0943. The first kappa shape index (κ1) is 6.32. The fourth-order valence-electron chi connectivity index (χ4n) is 2.54. The lowest BCUT2D eigenvalue weighted by Gasteiger charge is -2.25. The Morgan fingerprint density at radius 1 is 1.30 bits per heavy atom. The molecule has 10 heavy (non-hydrogen) atoms. The van der Waals surface area contributed by atoms with E-state index < -0.39 is 0 Å². The van der Waals surface area contributed by atoms with Gasteiger partial charge in [0, 0.05) is 0 Å². The maximum atomic E-state index is 10.5. The van der Waals surface area contributed by atoms with E-state index in [-0.39, 0.29) is 5.54 Å². The van der Waals surface area contributed by atoms with Gasteiger partial charge in [0.15, 0.2) is 0 Å². The van der Waals surface area contributed by atoms with Gasteiger partial charge in [-0.3, -0.25) is 0 Å². The summed E-state index contributed by atoms with van der Waals surface area (Å²) >= 11 is 0. The highest BCUT2D eigenvalue weighted by Gasteiger charge is 2.43. The van der Waals surface area contributed by atoms with E-state index >= 15 is 0 Å². The van der Waals surface area contributed by atoms with Crippen molar-refractivity contribution < 1.29 is 0 Å². The second kappa shape index (κ2) is 2.04. The first-order valence-electron chi connectivity index (χ1n) is 4.19. The Balaban J connectivity index is 2.16. The SMILES string of the molecule is O=NC12CCCC(CC1)C2. The lowest BCUT2D eigenvalue weighted by atomic mass is 9.84. The molecule has 0 radical (unpaired) electrons. The van der Waals surface area contributed by atoms with Crippen molar-refractivity contribution in [2.24, 2.45) is 11.1 Å². The van der Waals surface area contributed by atoms with Gasteiger partial charge in [-0.2, -0.15) is 4.91 Å². The normalized spacial score (nSPS) is 45.4. The van der Waals surface area contributed by atoms with E-state index in [1.54, 1.807) is 0 Å². The third kappa shape index (κ3) is 0.780. The Labute approximate surface area is 61.0 Å². The molecule has 2 saturated carbocycles. The molecule has 2 aliphatic carbocycles. The number of hydrogen-bond acceptors (Lipinski definition) is 2. The van der Waals surface area contributed by atoms with Crippen LogP contribution in [-0.2, 0) is 0 Å². The first-order valence-corrected chi connectivity index (χ1v) is 4.19. The summed E-state index contributed by atoms with van der Waals surface area (Å²) in [6, 6.07) is 0. The second-order valence-corrected chi connectivity index (χ2v) is 3.82. The maximum Gasteiger partial charge on any atom is 0.103 e. The van der Waals surface area contributed by atoms with Gasteiger partial charge >= 0.3 is 0 Å². The standard InChI is InChI=1S/C8H13NO/c10-9-8-4-1-2-7(6-8)3-5-8/h7H,1-6H2. The van der Waals surface area contributed by atoms with Crippen molar-refractivity contribution in [2.75, 3.05) is 0 Å². The Kier molecular flexibility index (Phi) is 1.29. The van der Waals surface area contributed by atoms with Crippen LogP contribution in [0.4, 0.5) is 0 Å². The molecule has 0 heterocycles. The molecule has 0 aromatic heterocycles. The number of fused-ring (bicyclic) bond motifs is 2. The molecule has 2 aliphatic rings. The minimum Gasteiger partial charge on any atom is -0.150 e. The van der Waals surface area contributed by atoms with Gasteiger partial charge in [0.1, 0.15) is 5.54 Å². The van der Waals surface area contributed by atoms with Crippen LogP contribution in [0, 0.1) is 10.8 Å². The van der Waals surface area contributed by atoms with Crippen LogP contribution >= 0.6 is 0 Å². The van der Waals surface area contributed by atoms with E-state index in [4.69, 9.17) is 0 Å². The fraction of sp³-hybridized carbons (Fsp3) is 1.00. The molecule has 0 aromatic carbocycles. The molecule has 0 spiro atoms. The summed E-state index contributed by atoms with van der Waals surface area (Å²) < 4.78 is 0. The molecule has 2 bridgehead atoms. The van der Waals surface area contributed by atoms with Crippen LogP contribution in [0.2, 0.25) is 0 Å². The Morgan fingerprint density at radius 3 is 2.90 bits per heavy atom. The zero-order valence-corrected chi connectivity index (χ0v) is 6.18. The molecular formula is C8H13NO. The van der Waals surface area contributed by atoms with E-state index in [9.17, 15) is 4.91 Å². The highest BCUT2D eigenvalue weighted by molar-refractivity contribution is 4.99. The highest BCUT2D eigenvalue weighted by atomic mass is 16.3. The molecule has 0 aliphatic heterocycles. The molecule has 0 aromatic rings. The third-order valence-electron chi connectivity index (χ3n) is 3.13. The molecule has 0 N–H and O–H groups in total. The van der Waals surface area contributed by atoms with Crippen molar-refractivity contribution in [3.05, 3.63) is 4.91 Å². The summed E-state index contributed by atoms with van der Waals surface area (Å²) in [5, 5.41) is 3.29. The molecule has 2 unspecified atom stereocenters. The topological polar surface area (TPSA) is 29.4 Å². The highest BCUT2D eigenvalue weighted by Crippen LogP contribution is 2.47. The van der Waals surface area contributed by atoms with Crippen LogP contribution in [0.1, 0.15) is 38.5 Å². The van der Waals surface area contributed by atoms with Crippen molar-refractivity contribution in [1.82, 2.24) is 0 Å². The number of nitroso groups, excluding NO2 is 1. The molecule has 2 nitrogen and oxygen atoms in total. The molecule has 56 valence electrons. The van der Waals surface area contributed by atoms with E-state index in [0.29, 0.717) is 0 Å². The van der Waals surface area contributed by atoms with Gasteiger partial charge < -0.3 is 0 Å². The Bertz CT molecular complexity index is 153. The summed E-state index contributed by atoms with van der Waals surface area (Å²) in [5.41, 5.74) is -0.0943. The summed E-state index contributed by atoms with van der Waals surface area (Å²) in [6.45, 7) is 0. The monoisotopic (exact) mass is 139 g/mol. The van der Waals surface area contributed by atoms with E-state index in [0.717, 1.165) is 25.2 Å². The average molecular weight is 139 g/mol. The second-order valence-electron chi connectivity index (χ2n) is 3.82. The quantitative estimate of drug-likeness (QED) is 0.513. The van der Waals surface area contributed by atoms with Crippen LogP contribution in [-0.4, -0.2) is 5.54 Å². The third-order valence-corrected chi connectivity index (χ3v) is 3.13. The lowest BCUT2D eigenvalue weighted by molar-refractivity contribution is 0.309. The van der Waals surface area contributed by atoms with Gasteiger partial charge in [-0.25, -0.2) is 0 Å². The van der Waals surface area contributed by atoms with Gasteiger partial charge in [-0.15, -0.1) is 0 Å². The van der Waals surface area contributed by atoms with Crippen LogP contribution in [0.3, 0.4) is 0 Å². The zero-order valence-electron chi connectivity index (χ0n) is 6.18. The lowest BCUT2D eigenvalue weighted by Crippen LogP contribution is -2.24. The summed E-state index contributed by atoms with van der Waals surface area (Å²) in [5.74, 6) is 0.839. The van der Waals surface area contributed by atoms with Gasteiger partial charge in [0.2, 0.25) is 0 Å². The van der Waals surface area contributed by atoms with Crippen molar-refractivity contribution in [1.29, 1.82) is 0 Å². The Hall–Kier alpha value is -0.400. The largest absolute Gasteiger partial charge is 0.150 e. The first-order chi connectivity index (χ1) is 4.85. The van der Waals surface area contributed by atoms with Crippen molar-refractivity contribution in [3.8, 4) is 0 Å². The predicted molar refractivity (Wildman–Crippen MR) is 39.7 cm³/mol. The molecule has 0 saturated heterocycles. The van der Waals surface area contributed by atoms with Crippen molar-refractivity contribution in [2.45, 2.75) is 44.1 Å². The van der Waals surface area contributed by atoms with Crippen LogP contribution < -0.4 is 0 Å². The van der Waals surface area contributed by atoms with Gasteiger partial charge in [-0.1, -0.05) is 18.0 Å². The summed E-state index contributed by atoms with van der Waals surface area (Å²) in [6.07, 6.45) is 7.06. The van der Waals surface area contributed by atoms with Gasteiger partial charge in [0.25, 0.3) is 0 Å². The maximum absolute atomic E-state index is 10.5. The smallest absolute Gasteiger partial charge is 0.103 e. The zero-order chi connectivity index (χ0) is 7.03. The van der Waals surface area contributed by atoms with E-state index in [2.05, 4.69) is 5.18 Å². The molecule has 2 rings (SSSR count). The predicted octanol–water partition coefficient (Wildman–Crippen LogP) is 2.48. The van der Waals surface area contributed by atoms with Gasteiger partial charge in [0.05, 0.1) is 0 Å². The van der Waals surface area contributed by atoms with Crippen LogP contribution in [0.5, 0.6) is 0 Å². The van der Waals surface area contributed by atoms with Crippen molar-refractivity contribution >= 4 is 0 Å². The Morgan fingerprint density at radius 2 is 2.20 bits per heavy atom. The molecular weight excluding hydrogens is 126 g/mol. The fourth-order valence-corrected chi connectivity index (χ4v) is 2.54. The van der Waals surface area contributed by atoms with E-state index in [1.165, 1.54) is 19.3 Å². The molecule has 2 heteroatoms. The summed E-state index contributed by atoms with van der Waals surface area (Å²) in [4.78, 5) is 10.5. The molecule has 0 amide bonds. The van der Waals surface area contributed by atoms with Crippen LogP contribution in [0.15, 0.2) is 5.18 Å². The van der Waals surface area contributed by atoms with Gasteiger partial charge in [-0.05, 0) is 31.6 Å². The number of rotatable bonds is 1. The number of nitrogens with zero attached hydrogens (tertiary/aromatic N) is 1. The molecule has 2 atom stereocenters.